The predicted octanol–water partition coefficient (Wildman–Crippen LogP) is 16.3. The third-order valence-electron chi connectivity index (χ3n) is 10.5. The summed E-state index contributed by atoms with van der Waals surface area (Å²) in [6, 6.07) is 0. The second-order valence-electron chi connectivity index (χ2n) is 16.4. The Balaban J connectivity index is 4.46. The van der Waals surface area contributed by atoms with Gasteiger partial charge >= 0.3 is 17.9 Å². The Labute approximate surface area is 370 Å². The molecule has 0 aliphatic carbocycles. The van der Waals surface area contributed by atoms with E-state index >= 15 is 0 Å². The first-order valence-corrected chi connectivity index (χ1v) is 24.9. The van der Waals surface area contributed by atoms with E-state index in [1.807, 2.05) is 6.08 Å². The molecule has 0 radical (unpaired) electrons. The van der Waals surface area contributed by atoms with Gasteiger partial charge in [-0.2, -0.15) is 0 Å². The van der Waals surface area contributed by atoms with Crippen LogP contribution in [0.25, 0.3) is 0 Å². The van der Waals surface area contributed by atoms with Crippen LogP contribution in [0.1, 0.15) is 233 Å². The van der Waals surface area contributed by atoms with Crippen LogP contribution in [0.3, 0.4) is 0 Å². The summed E-state index contributed by atoms with van der Waals surface area (Å²) >= 11 is 0. The van der Waals surface area contributed by atoms with Crippen LogP contribution in [0.15, 0.2) is 72.9 Å². The van der Waals surface area contributed by atoms with Crippen molar-refractivity contribution in [2.45, 2.75) is 239 Å². The van der Waals surface area contributed by atoms with Crippen molar-refractivity contribution in [1.29, 1.82) is 0 Å². The number of hydrogen-bond donors (Lipinski definition) is 0. The summed E-state index contributed by atoms with van der Waals surface area (Å²) in [6.07, 6.45) is 60.4. The lowest BCUT2D eigenvalue weighted by Crippen LogP contribution is -2.30. The van der Waals surface area contributed by atoms with Crippen molar-refractivity contribution < 1.29 is 28.6 Å². The van der Waals surface area contributed by atoms with Crippen LogP contribution >= 0.6 is 0 Å². The van der Waals surface area contributed by atoms with Crippen molar-refractivity contribution in [3.63, 3.8) is 0 Å². The van der Waals surface area contributed by atoms with E-state index in [0.29, 0.717) is 19.3 Å². The van der Waals surface area contributed by atoms with Gasteiger partial charge in [0.15, 0.2) is 6.10 Å². The number of unbranched alkanes of at least 4 members (excludes halogenated alkanes) is 21. The molecule has 344 valence electrons. The monoisotopic (exact) mass is 837 g/mol. The van der Waals surface area contributed by atoms with Crippen molar-refractivity contribution in [2.75, 3.05) is 13.2 Å². The van der Waals surface area contributed by atoms with E-state index in [9.17, 15) is 14.4 Å². The zero-order chi connectivity index (χ0) is 43.7. The van der Waals surface area contributed by atoms with Gasteiger partial charge in [-0.25, -0.2) is 0 Å². The maximum Gasteiger partial charge on any atom is 0.306 e. The van der Waals surface area contributed by atoms with E-state index in [4.69, 9.17) is 14.2 Å². The zero-order valence-corrected chi connectivity index (χ0v) is 39.2. The molecule has 0 bridgehead atoms. The summed E-state index contributed by atoms with van der Waals surface area (Å²) in [4.78, 5) is 37.8. The molecule has 60 heavy (non-hydrogen) atoms. The number of carbonyl (C=O) groups excluding carboxylic acids is 3. The molecule has 0 aromatic heterocycles. The maximum absolute atomic E-state index is 12.7. The fourth-order valence-electron chi connectivity index (χ4n) is 6.76. The lowest BCUT2D eigenvalue weighted by Gasteiger charge is -2.18. The van der Waals surface area contributed by atoms with Gasteiger partial charge in [0.1, 0.15) is 13.2 Å². The lowest BCUT2D eigenvalue weighted by molar-refractivity contribution is -0.166. The summed E-state index contributed by atoms with van der Waals surface area (Å²) in [5, 5.41) is 0. The molecule has 0 heterocycles. The molecule has 0 amide bonds. The maximum atomic E-state index is 12.7. The van der Waals surface area contributed by atoms with Gasteiger partial charge in [-0.1, -0.05) is 229 Å². The highest BCUT2D eigenvalue weighted by molar-refractivity contribution is 5.71. The van der Waals surface area contributed by atoms with Gasteiger partial charge in [-0.15, -0.1) is 0 Å². The molecule has 0 aliphatic heterocycles. The quantitative estimate of drug-likeness (QED) is 0.0263. The number of hydrogen-bond acceptors (Lipinski definition) is 6. The molecule has 0 rings (SSSR count). The van der Waals surface area contributed by atoms with Gasteiger partial charge in [0.05, 0.1) is 0 Å². The second kappa shape index (κ2) is 48.5. The number of ether oxygens (including phenoxy) is 3. The normalized spacial score (nSPS) is 12.7. The second-order valence-corrected chi connectivity index (χ2v) is 16.4. The smallest absolute Gasteiger partial charge is 0.306 e. The Morgan fingerprint density at radius 3 is 1.02 bits per heavy atom. The van der Waals surface area contributed by atoms with E-state index in [2.05, 4.69) is 87.6 Å². The van der Waals surface area contributed by atoms with Crippen molar-refractivity contribution in [3.05, 3.63) is 72.9 Å². The third kappa shape index (κ3) is 45.9. The first-order valence-electron chi connectivity index (χ1n) is 24.9. The number of rotatable bonds is 44. The van der Waals surface area contributed by atoms with Crippen molar-refractivity contribution in [1.82, 2.24) is 0 Å². The van der Waals surface area contributed by atoms with Gasteiger partial charge in [-0.05, 0) is 57.8 Å². The number of allylic oxidation sites excluding steroid dienone is 12. The van der Waals surface area contributed by atoms with E-state index in [1.54, 1.807) is 0 Å². The molecule has 0 saturated carbocycles. The van der Waals surface area contributed by atoms with Crippen molar-refractivity contribution in [3.8, 4) is 0 Å². The largest absolute Gasteiger partial charge is 0.462 e. The molecule has 0 saturated heterocycles. The summed E-state index contributed by atoms with van der Waals surface area (Å²) in [5.41, 5.74) is 0. The van der Waals surface area contributed by atoms with Crippen LogP contribution in [-0.2, 0) is 28.6 Å². The minimum Gasteiger partial charge on any atom is -0.462 e. The van der Waals surface area contributed by atoms with Crippen molar-refractivity contribution >= 4 is 17.9 Å². The molecule has 0 unspecified atom stereocenters. The summed E-state index contributed by atoms with van der Waals surface area (Å²) in [7, 11) is 0. The van der Waals surface area contributed by atoms with Gasteiger partial charge in [0.2, 0.25) is 0 Å². The summed E-state index contributed by atoms with van der Waals surface area (Å²) in [5.74, 6) is -0.983. The Morgan fingerprint density at radius 2 is 0.650 bits per heavy atom. The molecule has 0 aromatic carbocycles. The molecular weight excluding hydrogens is 745 g/mol. The molecule has 0 N–H and O–H groups in total. The highest BCUT2D eigenvalue weighted by Crippen LogP contribution is 2.15. The van der Waals surface area contributed by atoms with Crippen LogP contribution in [-0.4, -0.2) is 37.2 Å². The molecular formula is C54H92O6. The van der Waals surface area contributed by atoms with Crippen LogP contribution in [0.5, 0.6) is 0 Å². The molecule has 0 aliphatic rings. The van der Waals surface area contributed by atoms with Crippen molar-refractivity contribution in [2.24, 2.45) is 0 Å². The van der Waals surface area contributed by atoms with E-state index in [0.717, 1.165) is 77.0 Å². The predicted molar refractivity (Wildman–Crippen MR) is 256 cm³/mol. The first-order chi connectivity index (χ1) is 29.5. The first kappa shape index (κ1) is 56.9. The van der Waals surface area contributed by atoms with Gasteiger partial charge < -0.3 is 14.2 Å². The van der Waals surface area contributed by atoms with Gasteiger partial charge in [0.25, 0.3) is 0 Å². The average molecular weight is 837 g/mol. The van der Waals surface area contributed by atoms with Crippen LogP contribution in [0.4, 0.5) is 0 Å². The highest BCUT2D eigenvalue weighted by atomic mass is 16.6. The molecule has 0 fully saturated rings. The van der Waals surface area contributed by atoms with Crippen LogP contribution in [0.2, 0.25) is 0 Å². The third-order valence-corrected chi connectivity index (χ3v) is 10.5. The Hall–Kier alpha value is -3.15. The number of carbonyl (C=O) groups is 3. The lowest BCUT2D eigenvalue weighted by atomic mass is 10.0. The minimum atomic E-state index is -0.800. The zero-order valence-electron chi connectivity index (χ0n) is 39.2. The Bertz CT molecular complexity index is 1140. The SMILES string of the molecule is CC/C=C\C/C=C\C/C=C\C/C=C\C/C=C\C/C=C\CCC(=O)OC[C@H](COC(=O)CCCCCCCCCCCCCC)OC(=O)CCCCCCCCCCCCC. The molecule has 1 atom stereocenters. The molecule has 0 aromatic rings. The van der Waals surface area contributed by atoms with E-state index in [-0.39, 0.29) is 37.5 Å². The highest BCUT2D eigenvalue weighted by Gasteiger charge is 2.19. The van der Waals surface area contributed by atoms with E-state index in [1.165, 1.54) is 109 Å². The van der Waals surface area contributed by atoms with Gasteiger partial charge in [-0.3, -0.25) is 14.4 Å². The van der Waals surface area contributed by atoms with E-state index < -0.39 is 6.10 Å². The van der Waals surface area contributed by atoms with Crippen LogP contribution in [0, 0.1) is 0 Å². The topological polar surface area (TPSA) is 78.9 Å². The Morgan fingerprint density at radius 1 is 0.350 bits per heavy atom. The molecule has 0 spiro atoms. The number of esters is 3. The summed E-state index contributed by atoms with van der Waals surface area (Å²) in [6.45, 7) is 6.44. The fraction of sp³-hybridized carbons (Fsp3) is 0.722. The fourth-order valence-corrected chi connectivity index (χ4v) is 6.76. The standard InChI is InChI=1S/C54H92O6/c1-4-7-10-13-16-19-22-24-25-26-27-28-29-30-33-35-38-41-44-47-53(56)59-50-51(60-54(57)48-45-42-39-36-31-21-18-15-12-9-6-3)49-58-52(55)46-43-40-37-34-32-23-20-17-14-11-8-5-2/h7,10,16,19,24-25,27-28,30,33,38,41,51H,4-6,8-9,11-15,17-18,20-23,26,29,31-32,34-37,39-40,42-50H2,1-3H3/b10-7-,19-16-,25-24-,28-27-,33-30-,41-38-/t51-/m0/s1. The average Bonchev–Trinajstić information content (AvgIpc) is 3.24. The Kier molecular flexibility index (Phi) is 46.0. The van der Waals surface area contributed by atoms with Crippen LogP contribution < -0.4 is 0 Å². The van der Waals surface area contributed by atoms with Gasteiger partial charge in [0, 0.05) is 19.3 Å². The molecule has 6 heteroatoms. The minimum absolute atomic E-state index is 0.0957. The molecule has 6 nitrogen and oxygen atoms in total. The summed E-state index contributed by atoms with van der Waals surface area (Å²) < 4.78 is 16.7.